The van der Waals surface area contributed by atoms with Crippen LogP contribution in [0.5, 0.6) is 0 Å². The third-order valence-corrected chi connectivity index (χ3v) is 3.91. The Morgan fingerprint density at radius 2 is 2.35 bits per heavy atom. The molecule has 0 aliphatic carbocycles. The molecule has 8 heteroatoms. The molecule has 0 saturated carbocycles. The number of aromatic nitrogens is 1. The Morgan fingerprint density at radius 1 is 1.60 bits per heavy atom. The number of nitro groups is 1. The van der Waals surface area contributed by atoms with Crippen LogP contribution in [0.15, 0.2) is 16.7 Å². The third kappa shape index (κ3) is 3.24. The van der Waals surface area contributed by atoms with Gasteiger partial charge in [-0.05, 0) is 35.2 Å². The number of pyridine rings is 1. The minimum Gasteiger partial charge on any atom is -0.481 e. The van der Waals surface area contributed by atoms with E-state index in [-0.39, 0.29) is 18.2 Å². The van der Waals surface area contributed by atoms with Gasteiger partial charge in [-0.25, -0.2) is 4.98 Å². The Balaban J connectivity index is 2.27. The van der Waals surface area contributed by atoms with Gasteiger partial charge in [-0.2, -0.15) is 0 Å². The molecule has 1 N–H and O–H groups in total. The van der Waals surface area contributed by atoms with Crippen molar-refractivity contribution in [2.24, 2.45) is 0 Å². The van der Waals surface area contributed by atoms with Gasteiger partial charge in [-0.15, -0.1) is 0 Å². The van der Waals surface area contributed by atoms with Gasteiger partial charge in [0.1, 0.15) is 12.0 Å². The van der Waals surface area contributed by atoms with Gasteiger partial charge in [-0.3, -0.25) is 14.9 Å². The van der Waals surface area contributed by atoms with Gasteiger partial charge in [0.2, 0.25) is 0 Å². The zero-order valence-corrected chi connectivity index (χ0v) is 12.2. The Bertz CT molecular complexity index is 537. The Kier molecular flexibility index (Phi) is 4.53. The highest BCUT2D eigenvalue weighted by molar-refractivity contribution is 9.10. The minimum absolute atomic E-state index is 0.0467. The van der Waals surface area contributed by atoms with E-state index in [1.807, 2.05) is 4.90 Å². The monoisotopic (exact) mass is 343 g/mol. The van der Waals surface area contributed by atoms with Crippen molar-refractivity contribution < 1.29 is 14.8 Å². The number of carbonyl (C=O) groups is 1. The lowest BCUT2D eigenvalue weighted by molar-refractivity contribution is -0.385. The lowest BCUT2D eigenvalue weighted by Crippen LogP contribution is -2.41. The van der Waals surface area contributed by atoms with E-state index in [1.54, 1.807) is 0 Å². The largest absolute Gasteiger partial charge is 0.481 e. The molecule has 7 nitrogen and oxygen atoms in total. The van der Waals surface area contributed by atoms with Crippen molar-refractivity contribution in [1.29, 1.82) is 0 Å². The summed E-state index contributed by atoms with van der Waals surface area (Å²) in [4.78, 5) is 27.2. The molecule has 1 aliphatic rings. The number of halogens is 1. The van der Waals surface area contributed by atoms with E-state index in [0.717, 1.165) is 19.3 Å². The van der Waals surface area contributed by atoms with Gasteiger partial charge >= 0.3 is 5.97 Å². The molecular weight excluding hydrogens is 330 g/mol. The molecule has 20 heavy (non-hydrogen) atoms. The summed E-state index contributed by atoms with van der Waals surface area (Å²) >= 11 is 3.29. The number of piperidine rings is 1. The van der Waals surface area contributed by atoms with Crippen LogP contribution in [0.2, 0.25) is 0 Å². The molecule has 0 spiro atoms. The molecule has 0 aromatic carbocycles. The van der Waals surface area contributed by atoms with Crippen LogP contribution in [-0.2, 0) is 4.79 Å². The molecule has 1 fully saturated rings. The van der Waals surface area contributed by atoms with Crippen molar-refractivity contribution >= 4 is 33.4 Å². The maximum Gasteiger partial charge on any atom is 0.305 e. The van der Waals surface area contributed by atoms with Gasteiger partial charge in [0.25, 0.3) is 5.69 Å². The topological polar surface area (TPSA) is 96.6 Å². The second kappa shape index (κ2) is 6.17. The van der Waals surface area contributed by atoms with E-state index in [1.165, 1.54) is 12.3 Å². The van der Waals surface area contributed by atoms with Crippen molar-refractivity contribution in [3.8, 4) is 0 Å². The smallest absolute Gasteiger partial charge is 0.305 e. The van der Waals surface area contributed by atoms with Crippen molar-refractivity contribution in [3.63, 3.8) is 0 Å². The molecule has 1 unspecified atom stereocenters. The number of carboxylic acid groups (broad SMARTS) is 1. The fraction of sp³-hybridized carbons (Fsp3) is 0.500. The number of nitrogens with zero attached hydrogens (tertiary/aromatic N) is 3. The van der Waals surface area contributed by atoms with Crippen molar-refractivity contribution in [2.75, 3.05) is 11.4 Å². The Morgan fingerprint density at radius 3 is 2.95 bits per heavy atom. The van der Waals surface area contributed by atoms with Gasteiger partial charge in [0.15, 0.2) is 0 Å². The summed E-state index contributed by atoms with van der Waals surface area (Å²) in [5.41, 5.74) is -0.0904. The SMILES string of the molecule is O=C(O)CC1CCCCN1c1ncc([N+](=O)[O-])cc1Br. The van der Waals surface area contributed by atoms with E-state index in [0.29, 0.717) is 16.8 Å². The molecule has 1 aromatic heterocycles. The summed E-state index contributed by atoms with van der Waals surface area (Å²) < 4.78 is 0.518. The molecule has 1 aliphatic heterocycles. The van der Waals surface area contributed by atoms with E-state index in [9.17, 15) is 14.9 Å². The lowest BCUT2D eigenvalue weighted by Gasteiger charge is -2.36. The predicted molar refractivity (Wildman–Crippen MR) is 75.8 cm³/mol. The average molecular weight is 344 g/mol. The zero-order chi connectivity index (χ0) is 14.7. The molecule has 0 amide bonds. The van der Waals surface area contributed by atoms with Crippen molar-refractivity contribution in [2.45, 2.75) is 31.7 Å². The summed E-state index contributed by atoms with van der Waals surface area (Å²) in [7, 11) is 0. The number of anilines is 1. The maximum absolute atomic E-state index is 10.9. The number of hydrogen-bond acceptors (Lipinski definition) is 5. The number of hydrogen-bond donors (Lipinski definition) is 1. The van der Waals surface area contributed by atoms with Crippen LogP contribution in [0.4, 0.5) is 11.5 Å². The first kappa shape index (κ1) is 14.7. The number of rotatable bonds is 4. The molecule has 108 valence electrons. The van der Waals surface area contributed by atoms with Crippen molar-refractivity contribution in [3.05, 3.63) is 26.9 Å². The van der Waals surface area contributed by atoms with E-state index in [4.69, 9.17) is 5.11 Å². The molecule has 0 bridgehead atoms. The van der Waals surface area contributed by atoms with Gasteiger partial charge < -0.3 is 10.0 Å². The van der Waals surface area contributed by atoms with Gasteiger partial charge in [0, 0.05) is 18.7 Å². The standard InChI is InChI=1S/C12H14BrN3O4/c13-10-5-9(16(19)20)7-14-12(10)15-4-2-1-3-8(15)6-11(17)18/h5,7-8H,1-4,6H2,(H,17,18). The summed E-state index contributed by atoms with van der Waals surface area (Å²) in [6.45, 7) is 0.710. The summed E-state index contributed by atoms with van der Waals surface area (Å²) in [6, 6.07) is 1.28. The van der Waals surface area contributed by atoms with Crippen LogP contribution in [0, 0.1) is 10.1 Å². The highest BCUT2D eigenvalue weighted by Gasteiger charge is 2.27. The molecule has 1 saturated heterocycles. The van der Waals surface area contributed by atoms with E-state index in [2.05, 4.69) is 20.9 Å². The van der Waals surface area contributed by atoms with Crippen LogP contribution in [0.3, 0.4) is 0 Å². The van der Waals surface area contributed by atoms with Gasteiger partial charge in [-0.1, -0.05) is 0 Å². The second-order valence-corrected chi connectivity index (χ2v) is 5.55. The van der Waals surface area contributed by atoms with Crippen LogP contribution < -0.4 is 4.90 Å². The zero-order valence-electron chi connectivity index (χ0n) is 10.7. The first-order valence-electron chi connectivity index (χ1n) is 6.27. The van der Waals surface area contributed by atoms with Gasteiger partial charge in [0.05, 0.1) is 15.8 Å². The first-order valence-corrected chi connectivity index (χ1v) is 7.06. The fourth-order valence-corrected chi connectivity index (χ4v) is 2.99. The molecule has 2 rings (SSSR count). The van der Waals surface area contributed by atoms with E-state index >= 15 is 0 Å². The van der Waals surface area contributed by atoms with E-state index < -0.39 is 10.9 Å². The molecule has 1 aromatic rings. The summed E-state index contributed by atoms with van der Waals surface area (Å²) in [5, 5.41) is 19.7. The third-order valence-electron chi connectivity index (χ3n) is 3.33. The molecule has 2 heterocycles. The first-order chi connectivity index (χ1) is 9.49. The quantitative estimate of drug-likeness (QED) is 0.666. The summed E-state index contributed by atoms with van der Waals surface area (Å²) in [6.07, 6.45) is 3.98. The minimum atomic E-state index is -0.847. The summed E-state index contributed by atoms with van der Waals surface area (Å²) in [5.74, 6) is -0.276. The van der Waals surface area contributed by atoms with Crippen molar-refractivity contribution in [1.82, 2.24) is 4.98 Å². The molecule has 1 atom stereocenters. The highest BCUT2D eigenvalue weighted by Crippen LogP contribution is 2.32. The Hall–Kier alpha value is -1.70. The molecule has 0 radical (unpaired) electrons. The Labute approximate surface area is 123 Å². The fourth-order valence-electron chi connectivity index (χ4n) is 2.42. The second-order valence-electron chi connectivity index (χ2n) is 4.70. The lowest BCUT2D eigenvalue weighted by atomic mass is 9.99. The van der Waals surface area contributed by atoms with Crippen LogP contribution in [0.25, 0.3) is 0 Å². The predicted octanol–water partition coefficient (Wildman–Crippen LogP) is 2.59. The highest BCUT2D eigenvalue weighted by atomic mass is 79.9. The van der Waals surface area contributed by atoms with Crippen LogP contribution >= 0.6 is 15.9 Å². The molecular formula is C12H14BrN3O4. The number of aliphatic carboxylic acids is 1. The maximum atomic E-state index is 10.9. The normalized spacial score (nSPS) is 18.9. The van der Waals surface area contributed by atoms with Crippen LogP contribution in [-0.4, -0.2) is 33.6 Å². The van der Waals surface area contributed by atoms with Crippen LogP contribution in [0.1, 0.15) is 25.7 Å². The number of carboxylic acids is 1. The average Bonchev–Trinajstić information content (AvgIpc) is 2.39.